The number of benzene rings is 3. The number of hydrazine groups is 1. The molecule has 1 aromatic heterocycles. The molecule has 0 unspecified atom stereocenters. The highest BCUT2D eigenvalue weighted by molar-refractivity contribution is 6.06. The van der Waals surface area contributed by atoms with Gasteiger partial charge in [0.05, 0.1) is 0 Å². The Labute approximate surface area is 194 Å². The normalized spacial score (nSPS) is 10.3. The molecule has 4 rings (SSSR count). The van der Waals surface area contributed by atoms with Gasteiger partial charge in [-0.05, 0) is 36.4 Å². The van der Waals surface area contributed by atoms with Crippen LogP contribution in [0, 0.1) is 0 Å². The predicted molar refractivity (Wildman–Crippen MR) is 126 cm³/mol. The third-order valence-corrected chi connectivity index (χ3v) is 4.60. The Bertz CT molecular complexity index is 1240. The van der Waals surface area contributed by atoms with Crippen LogP contribution in [0.4, 0.5) is 17.8 Å². The summed E-state index contributed by atoms with van der Waals surface area (Å²) >= 11 is 0. The maximum Gasteiger partial charge on any atom is 0.275 e. The second kappa shape index (κ2) is 10.1. The molecule has 0 radical (unpaired) electrons. The number of rotatable bonds is 6. The molecule has 4 aromatic rings. The van der Waals surface area contributed by atoms with Crippen molar-refractivity contribution in [3.05, 3.63) is 108 Å². The van der Waals surface area contributed by atoms with Crippen molar-refractivity contribution in [2.75, 3.05) is 15.6 Å². The third-order valence-electron chi connectivity index (χ3n) is 4.60. The molecule has 10 nitrogen and oxygen atoms in total. The van der Waals surface area contributed by atoms with Gasteiger partial charge in [-0.25, -0.2) is 10.9 Å². The van der Waals surface area contributed by atoms with Gasteiger partial charge in [0.25, 0.3) is 23.7 Å². The molecule has 3 aromatic carbocycles. The van der Waals surface area contributed by atoms with Crippen LogP contribution in [0.1, 0.15) is 31.1 Å². The van der Waals surface area contributed by atoms with E-state index in [2.05, 4.69) is 25.6 Å². The fourth-order valence-corrected chi connectivity index (χ4v) is 2.92. The van der Waals surface area contributed by atoms with E-state index in [0.29, 0.717) is 21.7 Å². The third kappa shape index (κ3) is 5.26. The molecule has 4 N–H and O–H groups in total. The van der Waals surface area contributed by atoms with Gasteiger partial charge in [0, 0.05) is 16.7 Å². The van der Waals surface area contributed by atoms with Crippen LogP contribution in [0.5, 0.6) is 0 Å². The van der Waals surface area contributed by atoms with Crippen molar-refractivity contribution in [3.8, 4) is 0 Å². The SMILES string of the molecule is NN(C(=O)c1ccccc1)c1nc(NC(=O)c2ccccc2)nc(NC(=O)c2ccccc2)n1. The highest BCUT2D eigenvalue weighted by Crippen LogP contribution is 2.16. The molecule has 0 aliphatic carbocycles. The van der Waals surface area contributed by atoms with E-state index in [4.69, 9.17) is 5.84 Å². The lowest BCUT2D eigenvalue weighted by atomic mass is 10.2. The molecular weight excluding hydrogens is 434 g/mol. The Morgan fingerprint density at radius 1 is 0.588 bits per heavy atom. The number of hydrogen-bond donors (Lipinski definition) is 3. The number of carbonyl (C=O) groups excluding carboxylic acids is 3. The van der Waals surface area contributed by atoms with Crippen molar-refractivity contribution in [3.63, 3.8) is 0 Å². The first kappa shape index (κ1) is 22.2. The summed E-state index contributed by atoms with van der Waals surface area (Å²) in [5.41, 5.74) is 1.03. The molecule has 10 heteroatoms. The lowest BCUT2D eigenvalue weighted by Gasteiger charge is -2.16. The molecule has 0 fully saturated rings. The maximum atomic E-state index is 12.8. The Balaban J connectivity index is 1.66. The monoisotopic (exact) mass is 453 g/mol. The largest absolute Gasteiger partial charge is 0.290 e. The molecule has 0 atom stereocenters. The molecule has 1 heterocycles. The van der Waals surface area contributed by atoms with Crippen LogP contribution in [-0.2, 0) is 0 Å². The molecule has 0 saturated heterocycles. The number of anilines is 3. The number of hydrogen-bond acceptors (Lipinski definition) is 7. The summed E-state index contributed by atoms with van der Waals surface area (Å²) in [5, 5.41) is 5.79. The van der Waals surface area contributed by atoms with E-state index in [1.165, 1.54) is 0 Å². The summed E-state index contributed by atoms with van der Waals surface area (Å²) in [6.45, 7) is 0. The Kier molecular flexibility index (Phi) is 6.61. The first-order valence-corrected chi connectivity index (χ1v) is 10.1. The summed E-state index contributed by atoms with van der Waals surface area (Å²) in [6.07, 6.45) is 0. The topological polar surface area (TPSA) is 143 Å². The summed E-state index contributed by atoms with van der Waals surface area (Å²) in [7, 11) is 0. The molecule has 3 amide bonds. The fourth-order valence-electron chi connectivity index (χ4n) is 2.92. The summed E-state index contributed by atoms with van der Waals surface area (Å²) in [4.78, 5) is 50.3. The van der Waals surface area contributed by atoms with Crippen molar-refractivity contribution in [1.29, 1.82) is 0 Å². The number of aromatic nitrogens is 3. The zero-order valence-electron chi connectivity index (χ0n) is 17.8. The zero-order valence-corrected chi connectivity index (χ0v) is 17.8. The van der Waals surface area contributed by atoms with E-state index >= 15 is 0 Å². The van der Waals surface area contributed by atoms with Crippen LogP contribution < -0.4 is 21.5 Å². The Hall–Kier alpha value is -4.96. The van der Waals surface area contributed by atoms with Gasteiger partial charge in [0.1, 0.15) is 0 Å². The van der Waals surface area contributed by atoms with Crippen LogP contribution in [0.3, 0.4) is 0 Å². The molecule has 0 saturated carbocycles. The first-order chi connectivity index (χ1) is 16.5. The molecule has 0 spiro atoms. The van der Waals surface area contributed by atoms with E-state index in [-0.39, 0.29) is 17.8 Å². The van der Waals surface area contributed by atoms with Crippen LogP contribution in [0.25, 0.3) is 0 Å². The van der Waals surface area contributed by atoms with Crippen molar-refractivity contribution in [2.45, 2.75) is 0 Å². The van der Waals surface area contributed by atoms with Crippen LogP contribution in [-0.4, -0.2) is 32.7 Å². The van der Waals surface area contributed by atoms with Crippen LogP contribution >= 0.6 is 0 Å². The van der Waals surface area contributed by atoms with E-state index < -0.39 is 17.7 Å². The lowest BCUT2D eigenvalue weighted by Crippen LogP contribution is -2.39. The maximum absolute atomic E-state index is 12.8. The average Bonchev–Trinajstić information content (AvgIpc) is 2.89. The molecule has 0 aliphatic heterocycles. The zero-order chi connectivity index (χ0) is 23.9. The molecular formula is C24H19N7O3. The van der Waals surface area contributed by atoms with Gasteiger partial charge in [-0.2, -0.15) is 15.0 Å². The molecule has 0 bridgehead atoms. The van der Waals surface area contributed by atoms with Gasteiger partial charge in [0.15, 0.2) is 0 Å². The minimum Gasteiger partial charge on any atom is -0.290 e. The van der Waals surface area contributed by atoms with Crippen LogP contribution in [0.2, 0.25) is 0 Å². The lowest BCUT2D eigenvalue weighted by molar-refractivity contribution is 0.0983. The second-order valence-corrected chi connectivity index (χ2v) is 6.96. The van der Waals surface area contributed by atoms with Gasteiger partial charge in [-0.1, -0.05) is 54.6 Å². The number of amides is 3. The second-order valence-electron chi connectivity index (χ2n) is 6.96. The van der Waals surface area contributed by atoms with Gasteiger partial charge in [-0.3, -0.25) is 25.0 Å². The van der Waals surface area contributed by atoms with Gasteiger partial charge < -0.3 is 0 Å². The summed E-state index contributed by atoms with van der Waals surface area (Å²) in [5.74, 6) is 3.77. The first-order valence-electron chi connectivity index (χ1n) is 10.1. The van der Waals surface area contributed by atoms with Gasteiger partial charge >= 0.3 is 0 Å². The number of carbonyl (C=O) groups is 3. The van der Waals surface area contributed by atoms with Crippen molar-refractivity contribution >= 4 is 35.6 Å². The smallest absolute Gasteiger partial charge is 0.275 e. The van der Waals surface area contributed by atoms with E-state index in [1.807, 2.05) is 0 Å². The van der Waals surface area contributed by atoms with Crippen molar-refractivity contribution in [2.24, 2.45) is 5.84 Å². The minimum atomic E-state index is -0.590. The highest BCUT2D eigenvalue weighted by atomic mass is 16.2. The Morgan fingerprint density at radius 2 is 0.971 bits per heavy atom. The predicted octanol–water partition coefficient (Wildman–Crippen LogP) is 2.90. The number of nitrogens with two attached hydrogens (primary N) is 1. The quantitative estimate of drug-likeness (QED) is 0.231. The molecule has 34 heavy (non-hydrogen) atoms. The van der Waals surface area contributed by atoms with Crippen molar-refractivity contribution < 1.29 is 14.4 Å². The van der Waals surface area contributed by atoms with E-state index in [9.17, 15) is 14.4 Å². The number of nitrogens with one attached hydrogen (secondary N) is 2. The van der Waals surface area contributed by atoms with Crippen LogP contribution in [0.15, 0.2) is 91.0 Å². The number of nitrogens with zero attached hydrogens (tertiary/aromatic N) is 4. The van der Waals surface area contributed by atoms with Crippen molar-refractivity contribution in [1.82, 2.24) is 15.0 Å². The highest BCUT2D eigenvalue weighted by Gasteiger charge is 2.21. The van der Waals surface area contributed by atoms with E-state index in [1.54, 1.807) is 91.0 Å². The fraction of sp³-hybridized carbons (Fsp3) is 0. The van der Waals surface area contributed by atoms with Gasteiger partial charge in [0.2, 0.25) is 11.9 Å². The standard InChI is InChI=1S/C24H19N7O3/c25-31(21(34)18-14-8-3-9-15-18)24-29-22(26-19(32)16-10-4-1-5-11-16)28-23(30-24)27-20(33)17-12-6-2-7-13-17/h1-15H,25H2,(H2,26,27,28,29,30,32,33). The minimum absolute atomic E-state index is 0.196. The summed E-state index contributed by atoms with van der Waals surface area (Å²) < 4.78 is 0. The van der Waals surface area contributed by atoms with E-state index in [0.717, 1.165) is 0 Å². The van der Waals surface area contributed by atoms with Gasteiger partial charge in [-0.15, -0.1) is 0 Å². The summed E-state index contributed by atoms with van der Waals surface area (Å²) in [6, 6.07) is 25.1. The molecule has 0 aliphatic rings. The molecule has 168 valence electrons. The Morgan fingerprint density at radius 3 is 1.38 bits per heavy atom. The average molecular weight is 453 g/mol.